The molecule has 0 aromatic heterocycles. The van der Waals surface area contributed by atoms with E-state index >= 15 is 0 Å². The molecule has 0 heterocycles. The van der Waals surface area contributed by atoms with Gasteiger partial charge in [0.1, 0.15) is 0 Å². The first kappa shape index (κ1) is 12.6. The molecule has 0 saturated heterocycles. The van der Waals surface area contributed by atoms with Crippen LogP contribution in [-0.2, 0) is 10.8 Å². The second-order valence-corrected chi connectivity index (χ2v) is 5.82. The van der Waals surface area contributed by atoms with E-state index in [1.165, 1.54) is 17.1 Å². The molecule has 0 radical (unpaired) electrons. The molecule has 0 fully saturated rings. The molecular weight excluding hydrogens is 208 g/mol. The third kappa shape index (κ3) is 7.25. The van der Waals surface area contributed by atoms with Gasteiger partial charge in [0, 0.05) is 26.7 Å². The van der Waals surface area contributed by atoms with Crippen LogP contribution >= 0.6 is 23.5 Å². The average Bonchev–Trinajstić information content (AvgIpc) is 2.02. The molecule has 0 N–H and O–H groups in total. The van der Waals surface area contributed by atoms with Crippen molar-refractivity contribution in [2.24, 2.45) is 0 Å². The van der Waals surface area contributed by atoms with Crippen LogP contribution < -0.4 is 0 Å². The fraction of sp³-hybridized carbons (Fsp3) is 0.750. The Kier molecular flexibility index (Phi) is 8.60. The van der Waals surface area contributed by atoms with Crippen molar-refractivity contribution in [3.05, 3.63) is 9.65 Å². The highest BCUT2D eigenvalue weighted by molar-refractivity contribution is 8.22. The first-order chi connectivity index (χ1) is 5.70. The highest BCUT2D eigenvalue weighted by Gasteiger charge is 1.96. The van der Waals surface area contributed by atoms with Gasteiger partial charge in [-0.2, -0.15) is 0 Å². The third-order valence-electron chi connectivity index (χ3n) is 1.21. The van der Waals surface area contributed by atoms with Crippen molar-refractivity contribution in [2.75, 3.05) is 18.3 Å². The molecule has 1 unspecified atom stereocenters. The van der Waals surface area contributed by atoms with Gasteiger partial charge in [-0.15, -0.1) is 23.5 Å². The summed E-state index contributed by atoms with van der Waals surface area (Å²) in [5, 5.41) is 1.82. The molecular formula is C8H16OS3. The largest absolute Gasteiger partial charge is 0.255 e. The lowest BCUT2D eigenvalue weighted by Crippen LogP contribution is -1.81. The second-order valence-electron chi connectivity index (χ2n) is 2.34. The molecule has 1 nitrogen and oxygen atoms in total. The van der Waals surface area contributed by atoms with Crippen LogP contribution in [0.5, 0.6) is 0 Å². The second kappa shape index (κ2) is 8.20. The predicted molar refractivity (Wildman–Crippen MR) is 63.0 cm³/mol. The minimum Gasteiger partial charge on any atom is -0.255 e. The summed E-state index contributed by atoms with van der Waals surface area (Å²) in [6.07, 6.45) is 6.19. The third-order valence-corrected chi connectivity index (χ3v) is 4.34. The van der Waals surface area contributed by atoms with Gasteiger partial charge in [0.05, 0.1) is 0 Å². The minimum absolute atomic E-state index is 0.805. The Morgan fingerprint density at radius 3 is 2.67 bits per heavy atom. The number of hydrogen-bond acceptors (Lipinski definition) is 3. The van der Waals surface area contributed by atoms with E-state index < -0.39 is 10.8 Å². The molecule has 0 spiro atoms. The molecule has 12 heavy (non-hydrogen) atoms. The molecule has 1 atom stereocenters. The van der Waals surface area contributed by atoms with Crippen LogP contribution in [0.1, 0.15) is 19.8 Å². The van der Waals surface area contributed by atoms with Crippen molar-refractivity contribution in [2.45, 2.75) is 19.8 Å². The van der Waals surface area contributed by atoms with Crippen molar-refractivity contribution >= 4 is 34.3 Å². The highest BCUT2D eigenvalue weighted by Crippen LogP contribution is 2.27. The van der Waals surface area contributed by atoms with E-state index in [2.05, 4.69) is 6.92 Å². The van der Waals surface area contributed by atoms with Gasteiger partial charge in [-0.1, -0.05) is 13.3 Å². The lowest BCUT2D eigenvalue weighted by Gasteiger charge is -2.01. The predicted octanol–water partition coefficient (Wildman–Crippen LogP) is 3.06. The molecule has 0 aliphatic carbocycles. The van der Waals surface area contributed by atoms with Gasteiger partial charge < -0.3 is 0 Å². The van der Waals surface area contributed by atoms with E-state index in [0.717, 1.165) is 5.75 Å². The number of unbranched alkanes of at least 4 members (excludes halogenated alkanes) is 1. The van der Waals surface area contributed by atoms with Gasteiger partial charge >= 0.3 is 0 Å². The van der Waals surface area contributed by atoms with Gasteiger partial charge in [-0.3, -0.25) is 4.21 Å². The summed E-state index contributed by atoms with van der Waals surface area (Å²) < 4.78 is 12.0. The zero-order valence-corrected chi connectivity index (χ0v) is 10.3. The summed E-state index contributed by atoms with van der Waals surface area (Å²) in [4.78, 5) is 0. The summed E-state index contributed by atoms with van der Waals surface area (Å²) in [5.74, 6) is 1.14. The molecule has 0 amide bonds. The van der Waals surface area contributed by atoms with Crippen LogP contribution in [0.15, 0.2) is 9.65 Å². The fourth-order valence-corrected chi connectivity index (χ4v) is 3.69. The number of rotatable bonds is 6. The lowest BCUT2D eigenvalue weighted by atomic mass is 10.4. The first-order valence-corrected chi connectivity index (χ1v) is 7.74. The molecule has 0 aromatic carbocycles. The maximum atomic E-state index is 10.9. The molecule has 0 bridgehead atoms. The Labute approximate surface area is 86.2 Å². The summed E-state index contributed by atoms with van der Waals surface area (Å²) >= 11 is 3.49. The van der Waals surface area contributed by atoms with E-state index in [0.29, 0.717) is 0 Å². The standard InChI is InChI=1S/C8H16OS3/c1-4-5-6-11-8(10-2)7-12(3)9/h7H,4-6H2,1-3H3/b8-7+. The van der Waals surface area contributed by atoms with Crippen LogP contribution in [-0.4, -0.2) is 22.5 Å². The van der Waals surface area contributed by atoms with Gasteiger partial charge in [0.25, 0.3) is 0 Å². The van der Waals surface area contributed by atoms with E-state index in [1.807, 2.05) is 11.7 Å². The molecule has 0 aliphatic rings. The Morgan fingerprint density at radius 2 is 2.25 bits per heavy atom. The minimum atomic E-state index is -0.805. The molecule has 0 rings (SSSR count). The molecule has 4 heteroatoms. The van der Waals surface area contributed by atoms with Crippen LogP contribution in [0.3, 0.4) is 0 Å². The zero-order chi connectivity index (χ0) is 9.40. The van der Waals surface area contributed by atoms with Crippen LogP contribution in [0.4, 0.5) is 0 Å². The van der Waals surface area contributed by atoms with Crippen molar-refractivity contribution in [1.29, 1.82) is 0 Å². The number of hydrogen-bond donors (Lipinski definition) is 0. The monoisotopic (exact) mass is 224 g/mol. The first-order valence-electron chi connectivity index (χ1n) is 3.91. The molecule has 0 aromatic rings. The van der Waals surface area contributed by atoms with E-state index in [9.17, 15) is 4.21 Å². The Balaban J connectivity index is 3.75. The van der Waals surface area contributed by atoms with Gasteiger partial charge in [0.15, 0.2) is 0 Å². The molecule has 0 saturated carbocycles. The summed E-state index contributed by atoms with van der Waals surface area (Å²) in [5.41, 5.74) is 0. The normalized spacial score (nSPS) is 14.8. The zero-order valence-electron chi connectivity index (χ0n) is 7.83. The smallest absolute Gasteiger partial charge is 0.0486 e. The maximum absolute atomic E-state index is 10.9. The van der Waals surface area contributed by atoms with Crippen LogP contribution in [0.25, 0.3) is 0 Å². The summed E-state index contributed by atoms with van der Waals surface area (Å²) in [6, 6.07) is 0. The lowest BCUT2D eigenvalue weighted by molar-refractivity contribution is 0.691. The average molecular weight is 224 g/mol. The van der Waals surface area contributed by atoms with Crippen molar-refractivity contribution in [3.63, 3.8) is 0 Å². The number of thioether (sulfide) groups is 2. The van der Waals surface area contributed by atoms with Gasteiger partial charge in [-0.05, 0) is 18.4 Å². The van der Waals surface area contributed by atoms with Crippen LogP contribution in [0.2, 0.25) is 0 Å². The van der Waals surface area contributed by atoms with Crippen molar-refractivity contribution < 1.29 is 4.21 Å². The van der Waals surface area contributed by atoms with Crippen molar-refractivity contribution in [3.8, 4) is 0 Å². The topological polar surface area (TPSA) is 17.1 Å². The molecule has 72 valence electrons. The summed E-state index contributed by atoms with van der Waals surface area (Å²) in [7, 11) is -0.805. The SMILES string of the molecule is CCCCS/C(=C/S(C)=O)SC. The van der Waals surface area contributed by atoms with Crippen molar-refractivity contribution in [1.82, 2.24) is 0 Å². The van der Waals surface area contributed by atoms with E-state index in [4.69, 9.17) is 0 Å². The van der Waals surface area contributed by atoms with E-state index in [1.54, 1.807) is 29.8 Å². The Bertz CT molecular complexity index is 166. The Morgan fingerprint density at radius 1 is 1.58 bits per heavy atom. The fourth-order valence-electron chi connectivity index (χ4n) is 0.594. The quantitative estimate of drug-likeness (QED) is 0.646. The summed E-state index contributed by atoms with van der Waals surface area (Å²) in [6.45, 7) is 2.18. The van der Waals surface area contributed by atoms with E-state index in [-0.39, 0.29) is 0 Å². The Hall–Kier alpha value is 0.590. The van der Waals surface area contributed by atoms with Crippen LogP contribution in [0, 0.1) is 0 Å². The molecule has 0 aliphatic heterocycles. The van der Waals surface area contributed by atoms with Gasteiger partial charge in [0.2, 0.25) is 0 Å². The van der Waals surface area contributed by atoms with Gasteiger partial charge in [-0.25, -0.2) is 0 Å². The highest BCUT2D eigenvalue weighted by atomic mass is 32.2. The maximum Gasteiger partial charge on any atom is 0.0486 e.